The Morgan fingerprint density at radius 3 is 3.00 bits per heavy atom. The first-order valence-corrected chi connectivity index (χ1v) is 5.04. The van der Waals surface area contributed by atoms with Gasteiger partial charge in [0.15, 0.2) is 6.10 Å². The third kappa shape index (κ3) is 1.85. The smallest absolute Gasteiger partial charge is 0.171 e. The summed E-state index contributed by atoms with van der Waals surface area (Å²) >= 11 is 0. The van der Waals surface area contributed by atoms with Gasteiger partial charge in [-0.15, -0.1) is 0 Å². The molecule has 0 unspecified atom stereocenters. The third-order valence-corrected chi connectivity index (χ3v) is 2.39. The fourth-order valence-corrected chi connectivity index (χ4v) is 1.65. The van der Waals surface area contributed by atoms with Crippen LogP contribution in [0.5, 0.6) is 0 Å². The van der Waals surface area contributed by atoms with Crippen molar-refractivity contribution in [2.45, 2.75) is 32.6 Å². The summed E-state index contributed by atoms with van der Waals surface area (Å²) in [6.07, 6.45) is 14.3. The molecule has 13 heavy (non-hydrogen) atoms. The van der Waals surface area contributed by atoms with E-state index in [1.165, 1.54) is 24.8 Å². The van der Waals surface area contributed by atoms with Crippen LogP contribution in [0, 0.1) is 6.10 Å². The maximum atomic E-state index is 5.65. The summed E-state index contributed by atoms with van der Waals surface area (Å²) in [5, 5.41) is 0. The fraction of sp³-hybridized carbons (Fsp3) is 0.417. The highest BCUT2D eigenvalue weighted by Crippen LogP contribution is 2.34. The van der Waals surface area contributed by atoms with E-state index in [0.717, 1.165) is 18.3 Å². The Bertz CT molecular complexity index is 271. The Morgan fingerprint density at radius 1 is 1.31 bits per heavy atom. The molecule has 0 N–H and O–H groups in total. The third-order valence-electron chi connectivity index (χ3n) is 2.39. The van der Waals surface area contributed by atoms with Crippen LogP contribution in [-0.4, -0.2) is 0 Å². The number of hydrogen-bond acceptors (Lipinski definition) is 1. The highest BCUT2D eigenvalue weighted by Gasteiger charge is 2.22. The molecular weight excluding hydrogens is 160 g/mol. The molecular formula is C12H15O. The Hall–Kier alpha value is -0.980. The zero-order chi connectivity index (χ0) is 9.10. The number of rotatable bonds is 4. The predicted octanol–water partition coefficient (Wildman–Crippen LogP) is 3.51. The van der Waals surface area contributed by atoms with E-state index in [4.69, 9.17) is 4.74 Å². The maximum Gasteiger partial charge on any atom is 0.171 e. The SMILES string of the molecule is CCCCC[C]1C=C2C=CC=C2O1. The zero-order valence-electron chi connectivity index (χ0n) is 8.05. The minimum Gasteiger partial charge on any atom is -0.478 e. The lowest BCUT2D eigenvalue weighted by Crippen LogP contribution is -1.93. The molecule has 2 rings (SSSR count). The molecule has 0 saturated heterocycles. The summed E-state index contributed by atoms with van der Waals surface area (Å²) in [5.41, 5.74) is 1.24. The predicted molar refractivity (Wildman–Crippen MR) is 53.8 cm³/mol. The van der Waals surface area contributed by atoms with E-state index >= 15 is 0 Å². The Labute approximate surface area is 79.8 Å². The second-order valence-corrected chi connectivity index (χ2v) is 3.52. The van der Waals surface area contributed by atoms with Crippen molar-refractivity contribution in [1.29, 1.82) is 0 Å². The van der Waals surface area contributed by atoms with Gasteiger partial charge in [0, 0.05) is 5.57 Å². The van der Waals surface area contributed by atoms with Gasteiger partial charge in [0.1, 0.15) is 5.76 Å². The molecule has 0 fully saturated rings. The normalized spacial score (nSPS) is 19.8. The Kier molecular flexibility index (Phi) is 2.53. The van der Waals surface area contributed by atoms with E-state index in [1.54, 1.807) is 0 Å². The van der Waals surface area contributed by atoms with Crippen molar-refractivity contribution >= 4 is 0 Å². The molecule has 2 aliphatic rings. The van der Waals surface area contributed by atoms with Crippen molar-refractivity contribution in [2.75, 3.05) is 0 Å². The lowest BCUT2D eigenvalue weighted by molar-refractivity contribution is 0.259. The van der Waals surface area contributed by atoms with E-state index in [9.17, 15) is 0 Å². The van der Waals surface area contributed by atoms with Gasteiger partial charge in [0.05, 0.1) is 0 Å². The average molecular weight is 175 g/mol. The van der Waals surface area contributed by atoms with Crippen molar-refractivity contribution < 1.29 is 4.74 Å². The second-order valence-electron chi connectivity index (χ2n) is 3.52. The van der Waals surface area contributed by atoms with E-state index in [1.807, 2.05) is 12.2 Å². The highest BCUT2D eigenvalue weighted by atomic mass is 16.5. The molecule has 1 aliphatic heterocycles. The summed E-state index contributed by atoms with van der Waals surface area (Å²) in [5.74, 6) is 1.03. The molecule has 0 aromatic rings. The first-order chi connectivity index (χ1) is 6.40. The average Bonchev–Trinajstić information content (AvgIpc) is 2.64. The molecule has 0 aromatic carbocycles. The fourth-order valence-electron chi connectivity index (χ4n) is 1.65. The molecule has 1 nitrogen and oxygen atoms in total. The summed E-state index contributed by atoms with van der Waals surface area (Å²) in [6.45, 7) is 2.22. The van der Waals surface area contributed by atoms with Crippen LogP contribution in [0.1, 0.15) is 32.6 Å². The monoisotopic (exact) mass is 175 g/mol. The van der Waals surface area contributed by atoms with Crippen LogP contribution in [0.2, 0.25) is 0 Å². The van der Waals surface area contributed by atoms with E-state index in [0.29, 0.717) is 0 Å². The minimum absolute atomic E-state index is 1.03. The quantitative estimate of drug-likeness (QED) is 0.594. The number of fused-ring (bicyclic) bond motifs is 1. The van der Waals surface area contributed by atoms with Crippen LogP contribution in [0.4, 0.5) is 0 Å². The van der Waals surface area contributed by atoms with Gasteiger partial charge >= 0.3 is 0 Å². The zero-order valence-corrected chi connectivity index (χ0v) is 8.05. The summed E-state index contributed by atoms with van der Waals surface area (Å²) in [4.78, 5) is 0. The molecule has 0 amide bonds. The molecule has 1 aliphatic carbocycles. The van der Waals surface area contributed by atoms with Crippen molar-refractivity contribution in [3.63, 3.8) is 0 Å². The standard InChI is InChI=1S/C12H15O/c1-2-3-4-7-11-9-10-6-5-8-12(10)13-11/h5-6,8-9H,2-4,7H2,1H3. The maximum absolute atomic E-state index is 5.65. The molecule has 0 spiro atoms. The van der Waals surface area contributed by atoms with Crippen LogP contribution < -0.4 is 0 Å². The van der Waals surface area contributed by atoms with Gasteiger partial charge in [-0.3, -0.25) is 0 Å². The first-order valence-electron chi connectivity index (χ1n) is 5.04. The Balaban J connectivity index is 1.82. The molecule has 69 valence electrons. The number of allylic oxidation sites excluding steroid dienone is 3. The molecule has 1 heterocycles. The first kappa shape index (κ1) is 8.61. The van der Waals surface area contributed by atoms with E-state index in [2.05, 4.69) is 19.1 Å². The van der Waals surface area contributed by atoms with Gasteiger partial charge < -0.3 is 4.74 Å². The van der Waals surface area contributed by atoms with Crippen molar-refractivity contribution in [1.82, 2.24) is 0 Å². The van der Waals surface area contributed by atoms with Gasteiger partial charge in [-0.1, -0.05) is 31.9 Å². The molecule has 0 bridgehead atoms. The topological polar surface area (TPSA) is 9.23 Å². The van der Waals surface area contributed by atoms with Crippen LogP contribution in [0.25, 0.3) is 0 Å². The van der Waals surface area contributed by atoms with Gasteiger partial charge in [0.25, 0.3) is 0 Å². The second kappa shape index (κ2) is 3.82. The van der Waals surface area contributed by atoms with Gasteiger partial charge in [0.2, 0.25) is 0 Å². The van der Waals surface area contributed by atoms with Crippen LogP contribution in [0.3, 0.4) is 0 Å². The molecule has 1 radical (unpaired) electrons. The van der Waals surface area contributed by atoms with Crippen LogP contribution in [-0.2, 0) is 4.74 Å². The largest absolute Gasteiger partial charge is 0.478 e. The highest BCUT2D eigenvalue weighted by molar-refractivity contribution is 5.50. The minimum atomic E-state index is 1.03. The molecule has 0 saturated carbocycles. The van der Waals surface area contributed by atoms with E-state index < -0.39 is 0 Å². The van der Waals surface area contributed by atoms with Gasteiger partial charge in [-0.05, 0) is 25.0 Å². The molecule has 1 heteroatoms. The molecule has 0 atom stereocenters. The number of hydrogen-bond donors (Lipinski definition) is 0. The number of ether oxygens (including phenoxy) is 1. The van der Waals surface area contributed by atoms with Crippen molar-refractivity contribution in [2.24, 2.45) is 0 Å². The van der Waals surface area contributed by atoms with Gasteiger partial charge in [-0.2, -0.15) is 0 Å². The number of unbranched alkanes of at least 4 members (excludes halogenated alkanes) is 2. The summed E-state index contributed by atoms with van der Waals surface area (Å²) in [7, 11) is 0. The van der Waals surface area contributed by atoms with Crippen LogP contribution in [0.15, 0.2) is 35.6 Å². The van der Waals surface area contributed by atoms with Crippen molar-refractivity contribution in [3.8, 4) is 0 Å². The van der Waals surface area contributed by atoms with Crippen LogP contribution >= 0.6 is 0 Å². The van der Waals surface area contributed by atoms with Gasteiger partial charge in [-0.25, -0.2) is 0 Å². The summed E-state index contributed by atoms with van der Waals surface area (Å²) in [6, 6.07) is 0. The lowest BCUT2D eigenvalue weighted by Gasteiger charge is -2.07. The lowest BCUT2D eigenvalue weighted by atomic mass is 10.1. The molecule has 0 aromatic heterocycles. The summed E-state index contributed by atoms with van der Waals surface area (Å²) < 4.78 is 5.65. The van der Waals surface area contributed by atoms with E-state index in [-0.39, 0.29) is 0 Å². The Morgan fingerprint density at radius 2 is 2.23 bits per heavy atom. The van der Waals surface area contributed by atoms with Crippen molar-refractivity contribution in [3.05, 3.63) is 41.7 Å².